The lowest BCUT2D eigenvalue weighted by molar-refractivity contribution is 1.21. The second-order valence-electron chi connectivity index (χ2n) is 5.74. The molecule has 2 aromatic carbocycles. The highest BCUT2D eigenvalue weighted by atomic mass is 35.5. The van der Waals surface area contributed by atoms with Crippen LogP contribution in [0.5, 0.6) is 0 Å². The Bertz CT molecular complexity index is 993. The minimum Gasteiger partial charge on any atom is -0.339 e. The summed E-state index contributed by atoms with van der Waals surface area (Å²) >= 11 is 25.7. The largest absolute Gasteiger partial charge is 0.339 e. The summed E-state index contributed by atoms with van der Waals surface area (Å²) in [6.45, 7) is 1.93. The maximum atomic E-state index is 6.40. The molecule has 0 aliphatic rings. The minimum atomic E-state index is 0.575. The number of anilines is 1. The molecule has 1 N–H and O–H groups in total. The number of aryl methyl sites for hydroxylation is 1. The van der Waals surface area contributed by atoms with E-state index in [-0.39, 0.29) is 0 Å². The third-order valence-corrected chi connectivity index (χ3v) is 6.10. The van der Waals surface area contributed by atoms with Crippen molar-refractivity contribution >= 4 is 68.8 Å². The van der Waals surface area contributed by atoms with E-state index >= 15 is 0 Å². The van der Waals surface area contributed by atoms with Gasteiger partial charge in [-0.05, 0) is 36.8 Å². The smallest absolute Gasteiger partial charge is 0.138 e. The second kappa shape index (κ2) is 9.26. The highest BCUT2D eigenvalue weighted by Crippen LogP contribution is 2.36. The average molecular weight is 454 g/mol. The van der Waals surface area contributed by atoms with Gasteiger partial charge in [0, 0.05) is 38.1 Å². The van der Waals surface area contributed by atoms with E-state index in [2.05, 4.69) is 10.3 Å². The maximum Gasteiger partial charge on any atom is 0.138 e. The number of hydrogen-bond donors (Lipinski definition) is 1. The van der Waals surface area contributed by atoms with Crippen LogP contribution in [0.4, 0.5) is 5.69 Å². The van der Waals surface area contributed by atoms with E-state index in [1.807, 2.05) is 49.4 Å². The van der Waals surface area contributed by atoms with Crippen LogP contribution in [-0.4, -0.2) is 9.30 Å². The van der Waals surface area contributed by atoms with E-state index in [9.17, 15) is 0 Å². The van der Waals surface area contributed by atoms with E-state index < -0.39 is 0 Å². The van der Waals surface area contributed by atoms with Crippen LogP contribution in [0, 0.1) is 6.92 Å². The molecule has 0 aliphatic carbocycles. The van der Waals surface area contributed by atoms with E-state index in [0.717, 1.165) is 33.1 Å². The van der Waals surface area contributed by atoms with Crippen LogP contribution in [0.1, 0.15) is 11.3 Å². The first kappa shape index (κ1) is 20.4. The number of thiocarbonyl (C=S) groups is 1. The van der Waals surface area contributed by atoms with Gasteiger partial charge in [0.25, 0.3) is 0 Å². The molecule has 0 amide bonds. The number of aromatic nitrogens is 1. The summed E-state index contributed by atoms with van der Waals surface area (Å²) in [5.41, 5.74) is 4.49. The van der Waals surface area contributed by atoms with Crippen LogP contribution in [0.25, 0.3) is 11.1 Å². The minimum absolute atomic E-state index is 0.575. The van der Waals surface area contributed by atoms with Crippen molar-refractivity contribution in [2.75, 3.05) is 5.32 Å². The summed E-state index contributed by atoms with van der Waals surface area (Å²) in [6.07, 6.45) is 1.75. The number of nitrogens with one attached hydrogen (secondary N) is 1. The quantitative estimate of drug-likeness (QED) is 0.410. The molecule has 1 heterocycles. The fourth-order valence-electron chi connectivity index (χ4n) is 2.55. The standard InChI is InChI=1S/C20H15Cl3N2S2/c1-12-19(25-20(26)27-11-13-4-2-3-5-17(13)22)16(8-9-24-12)15-7-6-14(21)10-18(15)23/h2-10H,11H2,1H3,(H,25,26). The fraction of sp³-hybridized carbons (Fsp3) is 0.100. The maximum absolute atomic E-state index is 6.40. The van der Waals surface area contributed by atoms with Gasteiger partial charge in [-0.25, -0.2) is 0 Å². The van der Waals surface area contributed by atoms with Crippen LogP contribution in [0.2, 0.25) is 15.1 Å². The number of thioether (sulfide) groups is 1. The molecule has 0 radical (unpaired) electrons. The molecular weight excluding hydrogens is 439 g/mol. The molecule has 3 aromatic rings. The molecule has 0 atom stereocenters. The van der Waals surface area contributed by atoms with Crippen molar-refractivity contribution in [2.45, 2.75) is 12.7 Å². The molecule has 0 unspecified atom stereocenters. The highest BCUT2D eigenvalue weighted by molar-refractivity contribution is 8.22. The Hall–Kier alpha value is -1.30. The zero-order chi connectivity index (χ0) is 19.4. The van der Waals surface area contributed by atoms with Gasteiger partial charge in [0.15, 0.2) is 0 Å². The third kappa shape index (κ3) is 5.15. The number of benzene rings is 2. The first-order valence-corrected chi connectivity index (χ1v) is 10.6. The van der Waals surface area contributed by atoms with Crippen LogP contribution in [0.3, 0.4) is 0 Å². The van der Waals surface area contributed by atoms with Crippen LogP contribution < -0.4 is 5.32 Å². The molecule has 1 aromatic heterocycles. The van der Waals surface area contributed by atoms with E-state index in [0.29, 0.717) is 20.1 Å². The van der Waals surface area contributed by atoms with Gasteiger partial charge in [-0.2, -0.15) is 0 Å². The molecule has 138 valence electrons. The molecule has 27 heavy (non-hydrogen) atoms. The summed E-state index contributed by atoms with van der Waals surface area (Å²) < 4.78 is 0.636. The Morgan fingerprint density at radius 3 is 2.56 bits per heavy atom. The van der Waals surface area contributed by atoms with Crippen molar-refractivity contribution in [3.63, 3.8) is 0 Å². The number of nitrogens with zero attached hydrogens (tertiary/aromatic N) is 1. The molecule has 0 aliphatic heterocycles. The predicted molar refractivity (Wildman–Crippen MR) is 123 cm³/mol. The first-order valence-electron chi connectivity index (χ1n) is 8.04. The Morgan fingerprint density at radius 1 is 1.04 bits per heavy atom. The van der Waals surface area contributed by atoms with Gasteiger partial charge in [0.2, 0.25) is 0 Å². The summed E-state index contributed by atoms with van der Waals surface area (Å²) in [5, 5.41) is 5.21. The number of rotatable bonds is 4. The SMILES string of the molecule is Cc1nccc(-c2ccc(Cl)cc2Cl)c1NC(=S)SCc1ccccc1Cl. The van der Waals surface area contributed by atoms with Gasteiger partial charge in [0.05, 0.1) is 11.4 Å². The van der Waals surface area contributed by atoms with Gasteiger partial charge >= 0.3 is 0 Å². The molecular formula is C20H15Cl3N2S2. The number of halogens is 3. The first-order chi connectivity index (χ1) is 13.0. The van der Waals surface area contributed by atoms with Crippen molar-refractivity contribution in [1.29, 1.82) is 0 Å². The van der Waals surface area contributed by atoms with Gasteiger partial charge < -0.3 is 5.32 Å². The fourth-order valence-corrected chi connectivity index (χ4v) is 4.34. The summed E-state index contributed by atoms with van der Waals surface area (Å²) in [4.78, 5) is 4.38. The van der Waals surface area contributed by atoms with Gasteiger partial charge in [0.1, 0.15) is 4.32 Å². The molecule has 0 bridgehead atoms. The Morgan fingerprint density at radius 2 is 1.81 bits per heavy atom. The zero-order valence-electron chi connectivity index (χ0n) is 14.3. The monoisotopic (exact) mass is 452 g/mol. The van der Waals surface area contributed by atoms with Crippen molar-refractivity contribution in [1.82, 2.24) is 4.98 Å². The van der Waals surface area contributed by atoms with E-state index in [1.54, 1.807) is 12.3 Å². The van der Waals surface area contributed by atoms with Gasteiger partial charge in [-0.15, -0.1) is 0 Å². The lowest BCUT2D eigenvalue weighted by atomic mass is 10.0. The lowest BCUT2D eigenvalue weighted by Gasteiger charge is -2.16. The number of pyridine rings is 1. The zero-order valence-corrected chi connectivity index (χ0v) is 18.2. The van der Waals surface area contributed by atoms with Crippen LogP contribution >= 0.6 is 58.8 Å². The normalized spacial score (nSPS) is 10.7. The summed E-state index contributed by atoms with van der Waals surface area (Å²) in [6, 6.07) is 15.1. The van der Waals surface area contributed by atoms with E-state index in [1.165, 1.54) is 11.8 Å². The molecule has 0 fully saturated rings. The molecule has 2 nitrogen and oxygen atoms in total. The van der Waals surface area contributed by atoms with Gasteiger partial charge in [-0.3, -0.25) is 4.98 Å². The molecule has 0 spiro atoms. The number of hydrogen-bond acceptors (Lipinski definition) is 3. The van der Waals surface area contributed by atoms with Gasteiger partial charge in [-0.1, -0.05) is 83.0 Å². The van der Waals surface area contributed by atoms with E-state index in [4.69, 9.17) is 47.0 Å². The topological polar surface area (TPSA) is 24.9 Å². The molecule has 7 heteroatoms. The van der Waals surface area contributed by atoms with Crippen molar-refractivity contribution in [3.8, 4) is 11.1 Å². The lowest BCUT2D eigenvalue weighted by Crippen LogP contribution is -2.08. The summed E-state index contributed by atoms with van der Waals surface area (Å²) in [7, 11) is 0. The Labute approximate surface area is 183 Å². The average Bonchev–Trinajstić information content (AvgIpc) is 2.63. The second-order valence-corrected chi connectivity index (χ2v) is 8.64. The third-order valence-electron chi connectivity index (χ3n) is 3.91. The predicted octanol–water partition coefficient (Wildman–Crippen LogP) is 7.65. The molecule has 0 saturated carbocycles. The highest BCUT2D eigenvalue weighted by Gasteiger charge is 2.14. The Balaban J connectivity index is 1.82. The Kier molecular flexibility index (Phi) is 7.01. The van der Waals surface area contributed by atoms with Crippen LogP contribution in [-0.2, 0) is 5.75 Å². The molecule has 0 saturated heterocycles. The molecule has 3 rings (SSSR count). The summed E-state index contributed by atoms with van der Waals surface area (Å²) in [5.74, 6) is 0.682. The van der Waals surface area contributed by atoms with Crippen molar-refractivity contribution in [2.24, 2.45) is 0 Å². The van der Waals surface area contributed by atoms with Crippen molar-refractivity contribution in [3.05, 3.63) is 81.1 Å². The van der Waals surface area contributed by atoms with Crippen molar-refractivity contribution < 1.29 is 0 Å². The van der Waals surface area contributed by atoms with Crippen LogP contribution in [0.15, 0.2) is 54.7 Å².